The Labute approximate surface area is 147 Å². The van der Waals surface area contributed by atoms with Crippen LogP contribution in [-0.2, 0) is 9.53 Å². The van der Waals surface area contributed by atoms with Crippen LogP contribution in [0.5, 0.6) is 5.75 Å². The van der Waals surface area contributed by atoms with E-state index < -0.39 is 22.6 Å². The lowest BCUT2D eigenvalue weighted by Gasteiger charge is -2.19. The zero-order valence-corrected chi connectivity index (χ0v) is 14.8. The van der Waals surface area contributed by atoms with Gasteiger partial charge in [0, 0.05) is 12.1 Å². The van der Waals surface area contributed by atoms with Crippen LogP contribution in [0.2, 0.25) is 0 Å². The normalized spacial score (nSPS) is 13.1. The van der Waals surface area contributed by atoms with E-state index in [1.54, 1.807) is 0 Å². The Morgan fingerprint density at radius 3 is 2.29 bits per heavy atom. The fraction of sp³-hybridized carbons (Fsp3) is 0.588. The molecule has 0 aliphatic carbocycles. The van der Waals surface area contributed by atoms with Crippen molar-refractivity contribution >= 4 is 23.3 Å². The third kappa shape index (κ3) is 7.17. The van der Waals surface area contributed by atoms with Crippen molar-refractivity contribution in [2.24, 2.45) is 0 Å². The van der Waals surface area contributed by atoms with Gasteiger partial charge in [-0.25, -0.2) is 4.79 Å². The summed E-state index contributed by atoms with van der Waals surface area (Å²) in [6, 6.07) is 5.62. The number of carbonyl (C=O) groups is 1. The van der Waals surface area contributed by atoms with Crippen LogP contribution < -0.4 is 4.74 Å². The molecule has 0 radical (unpaired) electrons. The van der Waals surface area contributed by atoms with E-state index in [9.17, 15) is 14.9 Å². The molecular weight excluding hydrogens is 334 g/mol. The number of alkyl halides is 1. The van der Waals surface area contributed by atoms with Crippen molar-refractivity contribution in [1.29, 1.82) is 0 Å². The predicted molar refractivity (Wildman–Crippen MR) is 92.3 cm³/mol. The maximum absolute atomic E-state index is 12.3. The number of non-ortho nitro benzene ring substituents is 1. The molecule has 1 rings (SSSR count). The summed E-state index contributed by atoms with van der Waals surface area (Å²) in [5.41, 5.74) is -0.697. The summed E-state index contributed by atoms with van der Waals surface area (Å²) in [7, 11) is 0. The molecule has 0 aliphatic heterocycles. The van der Waals surface area contributed by atoms with E-state index in [-0.39, 0.29) is 5.69 Å². The minimum Gasteiger partial charge on any atom is -0.479 e. The molecule has 1 aromatic rings. The number of esters is 1. The lowest BCUT2D eigenvalue weighted by Crippen LogP contribution is -2.31. The van der Waals surface area contributed by atoms with E-state index in [4.69, 9.17) is 21.1 Å². The Bertz CT molecular complexity index is 520. The number of nitro benzene ring substituents is 1. The molecule has 2 atom stereocenters. The van der Waals surface area contributed by atoms with Crippen LogP contribution in [0.3, 0.4) is 0 Å². The summed E-state index contributed by atoms with van der Waals surface area (Å²) >= 11 is 6.02. The predicted octanol–water partition coefficient (Wildman–Crippen LogP) is 4.83. The standard InChI is InChI=1S/C17H24ClNO5/c1-3-5-7-15(17(20)24-16(18)8-6-4-2)23-14-11-9-13(10-12-14)19(21)22/h9-12,15-16H,3-8H2,1-2H3. The van der Waals surface area contributed by atoms with Gasteiger partial charge in [0.05, 0.1) is 4.92 Å². The van der Waals surface area contributed by atoms with Crippen LogP contribution in [0, 0.1) is 10.1 Å². The molecule has 7 heteroatoms. The van der Waals surface area contributed by atoms with E-state index >= 15 is 0 Å². The Kier molecular flexibility index (Phi) is 9.15. The number of benzene rings is 1. The Morgan fingerprint density at radius 1 is 1.17 bits per heavy atom. The molecule has 24 heavy (non-hydrogen) atoms. The monoisotopic (exact) mass is 357 g/mol. The van der Waals surface area contributed by atoms with E-state index in [0.29, 0.717) is 18.6 Å². The van der Waals surface area contributed by atoms with Crippen LogP contribution in [0.15, 0.2) is 24.3 Å². The van der Waals surface area contributed by atoms with Gasteiger partial charge in [-0.05, 0) is 37.8 Å². The average Bonchev–Trinajstić information content (AvgIpc) is 2.57. The minimum atomic E-state index is -0.769. The summed E-state index contributed by atoms with van der Waals surface area (Å²) in [6.45, 7) is 4.05. The number of ether oxygens (including phenoxy) is 2. The van der Waals surface area contributed by atoms with Gasteiger partial charge in [0.25, 0.3) is 5.69 Å². The highest BCUT2D eigenvalue weighted by molar-refractivity contribution is 6.20. The van der Waals surface area contributed by atoms with Crippen molar-refractivity contribution in [3.63, 3.8) is 0 Å². The highest BCUT2D eigenvalue weighted by Gasteiger charge is 2.24. The Hall–Kier alpha value is -1.82. The van der Waals surface area contributed by atoms with Crippen LogP contribution in [0.1, 0.15) is 52.4 Å². The second-order valence-electron chi connectivity index (χ2n) is 5.49. The maximum atomic E-state index is 12.3. The molecule has 0 fully saturated rings. The summed E-state index contributed by atoms with van der Waals surface area (Å²) in [5.74, 6) is -0.115. The molecule has 6 nitrogen and oxygen atoms in total. The van der Waals surface area contributed by atoms with Gasteiger partial charge in [0.1, 0.15) is 5.75 Å². The lowest BCUT2D eigenvalue weighted by molar-refractivity contribution is -0.384. The van der Waals surface area contributed by atoms with Gasteiger partial charge in [-0.1, -0.05) is 38.3 Å². The number of rotatable bonds is 11. The average molecular weight is 358 g/mol. The molecular formula is C17H24ClNO5. The zero-order valence-electron chi connectivity index (χ0n) is 14.1. The van der Waals surface area contributed by atoms with E-state index in [1.807, 2.05) is 13.8 Å². The van der Waals surface area contributed by atoms with E-state index in [1.165, 1.54) is 24.3 Å². The topological polar surface area (TPSA) is 78.7 Å². The summed E-state index contributed by atoms with van der Waals surface area (Å²) in [5, 5.41) is 10.7. The second kappa shape index (κ2) is 10.9. The van der Waals surface area contributed by atoms with Crippen LogP contribution >= 0.6 is 11.6 Å². The molecule has 0 aromatic heterocycles. The SMILES string of the molecule is CCCCC(Cl)OC(=O)C(CCCC)Oc1ccc([N+](=O)[O-])cc1. The molecule has 0 N–H and O–H groups in total. The van der Waals surface area contributed by atoms with Gasteiger partial charge < -0.3 is 9.47 Å². The number of hydrogen-bond acceptors (Lipinski definition) is 5. The van der Waals surface area contributed by atoms with Crippen molar-refractivity contribution in [3.8, 4) is 5.75 Å². The first kappa shape index (κ1) is 20.2. The molecule has 1 aromatic carbocycles. The van der Waals surface area contributed by atoms with Gasteiger partial charge in [0.2, 0.25) is 0 Å². The fourth-order valence-electron chi connectivity index (χ4n) is 2.05. The van der Waals surface area contributed by atoms with E-state index in [2.05, 4.69) is 0 Å². The third-order valence-corrected chi connectivity index (χ3v) is 3.74. The van der Waals surface area contributed by atoms with Crippen LogP contribution in [0.25, 0.3) is 0 Å². The number of unbranched alkanes of at least 4 members (excludes halogenated alkanes) is 2. The number of nitrogens with zero attached hydrogens (tertiary/aromatic N) is 1. The summed E-state index contributed by atoms with van der Waals surface area (Å²) < 4.78 is 10.9. The Morgan fingerprint density at radius 2 is 1.75 bits per heavy atom. The minimum absolute atomic E-state index is 0.0320. The number of carbonyl (C=O) groups excluding carboxylic acids is 1. The lowest BCUT2D eigenvalue weighted by atomic mass is 10.1. The Balaban J connectivity index is 2.69. The molecule has 0 saturated carbocycles. The van der Waals surface area contributed by atoms with E-state index in [0.717, 1.165) is 25.7 Å². The quantitative estimate of drug-likeness (QED) is 0.245. The van der Waals surface area contributed by atoms with Crippen molar-refractivity contribution < 1.29 is 19.2 Å². The summed E-state index contributed by atoms with van der Waals surface area (Å²) in [4.78, 5) is 22.4. The number of hydrogen-bond donors (Lipinski definition) is 0. The number of halogens is 1. The molecule has 134 valence electrons. The smallest absolute Gasteiger partial charge is 0.348 e. The van der Waals surface area contributed by atoms with Gasteiger partial charge in [-0.15, -0.1) is 0 Å². The number of nitro groups is 1. The molecule has 0 bridgehead atoms. The van der Waals surface area contributed by atoms with Crippen molar-refractivity contribution in [2.45, 2.75) is 64.0 Å². The first-order valence-corrected chi connectivity index (χ1v) is 8.67. The fourth-order valence-corrected chi connectivity index (χ4v) is 2.29. The summed E-state index contributed by atoms with van der Waals surface area (Å²) in [6.07, 6.45) is 3.89. The first-order valence-electron chi connectivity index (χ1n) is 8.23. The zero-order chi connectivity index (χ0) is 17.9. The van der Waals surface area contributed by atoms with Crippen molar-refractivity contribution in [1.82, 2.24) is 0 Å². The third-order valence-electron chi connectivity index (χ3n) is 3.44. The highest BCUT2D eigenvalue weighted by Crippen LogP contribution is 2.21. The maximum Gasteiger partial charge on any atom is 0.348 e. The van der Waals surface area contributed by atoms with Gasteiger partial charge >= 0.3 is 5.97 Å². The molecule has 0 aliphatic rings. The molecule has 0 spiro atoms. The highest BCUT2D eigenvalue weighted by atomic mass is 35.5. The van der Waals surface area contributed by atoms with Gasteiger partial charge in [0.15, 0.2) is 11.7 Å². The van der Waals surface area contributed by atoms with Crippen molar-refractivity contribution in [3.05, 3.63) is 34.4 Å². The van der Waals surface area contributed by atoms with Gasteiger partial charge in [-0.2, -0.15) is 0 Å². The van der Waals surface area contributed by atoms with Crippen molar-refractivity contribution in [2.75, 3.05) is 0 Å². The molecule has 0 saturated heterocycles. The van der Waals surface area contributed by atoms with Crippen LogP contribution in [0.4, 0.5) is 5.69 Å². The molecule has 2 unspecified atom stereocenters. The van der Waals surface area contributed by atoms with Gasteiger partial charge in [-0.3, -0.25) is 10.1 Å². The first-order chi connectivity index (χ1) is 11.5. The second-order valence-corrected chi connectivity index (χ2v) is 5.98. The molecule has 0 amide bonds. The largest absolute Gasteiger partial charge is 0.479 e. The molecule has 0 heterocycles. The van der Waals surface area contributed by atoms with Crippen LogP contribution in [-0.4, -0.2) is 22.6 Å².